The second kappa shape index (κ2) is 8.50. The fourth-order valence-corrected chi connectivity index (χ4v) is 3.88. The number of rotatable bonds is 6. The number of carbonyl (C=O) groups is 1. The minimum absolute atomic E-state index is 0.195. The van der Waals surface area contributed by atoms with Gasteiger partial charge in [-0.05, 0) is 31.0 Å². The smallest absolute Gasteiger partial charge is 0.236 e. The Morgan fingerprint density at radius 1 is 1.22 bits per heavy atom. The monoisotopic (exact) mass is 422 g/mol. The normalized spacial score (nSPS) is 11.3. The third kappa shape index (κ3) is 4.75. The number of hydrogen-bond donors (Lipinski definition) is 1. The van der Waals surface area contributed by atoms with Gasteiger partial charge in [0.1, 0.15) is 0 Å². The molecule has 8 heteroatoms. The van der Waals surface area contributed by atoms with Gasteiger partial charge in [-0.1, -0.05) is 60.9 Å². The predicted octanol–water partition coefficient (Wildman–Crippen LogP) is 5.43. The molecule has 0 atom stereocenters. The molecule has 0 aliphatic heterocycles. The molecule has 3 aromatic rings. The lowest BCUT2D eigenvalue weighted by Gasteiger charge is -2.11. The number of aryl methyl sites for hydroxylation is 1. The minimum Gasteiger partial charge on any atom is -0.319 e. The molecule has 0 bridgehead atoms. The van der Waals surface area contributed by atoms with E-state index in [-0.39, 0.29) is 11.7 Å². The average Bonchev–Trinajstić information content (AvgIpc) is 2.95. The highest BCUT2D eigenvalue weighted by molar-refractivity contribution is 7.99. The van der Waals surface area contributed by atoms with Crippen LogP contribution in [0.4, 0.5) is 5.82 Å². The van der Waals surface area contributed by atoms with Gasteiger partial charge in [-0.2, -0.15) is 0 Å². The van der Waals surface area contributed by atoms with E-state index in [0.29, 0.717) is 27.5 Å². The van der Waals surface area contributed by atoms with Gasteiger partial charge in [-0.25, -0.2) is 9.97 Å². The third-order valence-corrected chi connectivity index (χ3v) is 5.51. The molecule has 0 saturated heterocycles. The predicted molar refractivity (Wildman–Crippen MR) is 113 cm³/mol. The summed E-state index contributed by atoms with van der Waals surface area (Å²) >= 11 is 13.5. The van der Waals surface area contributed by atoms with Crippen LogP contribution in [0.25, 0.3) is 11.0 Å². The maximum Gasteiger partial charge on any atom is 0.236 e. The molecule has 0 radical (unpaired) electrons. The lowest BCUT2D eigenvalue weighted by Crippen LogP contribution is -2.16. The van der Waals surface area contributed by atoms with Crippen LogP contribution < -0.4 is 5.32 Å². The highest BCUT2D eigenvalue weighted by Crippen LogP contribution is 2.27. The SMILES string of the molecule is Cc1nc(NC(=O)CSc2nc3ccccc3n2CC(C)C)c(Cl)cc1Cl. The Balaban J connectivity index is 1.74. The molecule has 0 spiro atoms. The Morgan fingerprint density at radius 3 is 2.70 bits per heavy atom. The molecule has 5 nitrogen and oxygen atoms in total. The van der Waals surface area contributed by atoms with Crippen LogP contribution >= 0.6 is 35.0 Å². The van der Waals surface area contributed by atoms with Gasteiger partial charge in [0.05, 0.1) is 32.5 Å². The van der Waals surface area contributed by atoms with Gasteiger partial charge in [0, 0.05) is 6.54 Å². The van der Waals surface area contributed by atoms with Gasteiger partial charge in [0.25, 0.3) is 0 Å². The molecular formula is C19H20Cl2N4OS. The van der Waals surface area contributed by atoms with Crippen LogP contribution in [0.15, 0.2) is 35.5 Å². The van der Waals surface area contributed by atoms with E-state index in [1.165, 1.54) is 11.8 Å². The molecule has 0 aliphatic carbocycles. The van der Waals surface area contributed by atoms with Crippen LogP contribution in [0.1, 0.15) is 19.5 Å². The Morgan fingerprint density at radius 2 is 1.96 bits per heavy atom. The van der Waals surface area contributed by atoms with Crippen LogP contribution in [0.5, 0.6) is 0 Å². The zero-order valence-electron chi connectivity index (χ0n) is 15.3. The molecule has 0 saturated carbocycles. The second-order valence-corrected chi connectivity index (χ2v) is 8.37. The summed E-state index contributed by atoms with van der Waals surface area (Å²) in [7, 11) is 0. The van der Waals surface area contributed by atoms with Crippen molar-refractivity contribution >= 4 is 57.7 Å². The average molecular weight is 423 g/mol. The summed E-state index contributed by atoms with van der Waals surface area (Å²) in [6.07, 6.45) is 0. The lowest BCUT2D eigenvalue weighted by atomic mass is 10.2. The Hall–Kier alpha value is -1.76. The van der Waals surface area contributed by atoms with E-state index in [9.17, 15) is 4.79 Å². The summed E-state index contributed by atoms with van der Waals surface area (Å²) in [5.41, 5.74) is 2.62. The number of hydrogen-bond acceptors (Lipinski definition) is 4. The number of para-hydroxylation sites is 2. The van der Waals surface area contributed by atoms with Crippen molar-refractivity contribution in [3.63, 3.8) is 0 Å². The molecule has 1 N–H and O–H groups in total. The first kappa shape index (κ1) is 20.0. The van der Waals surface area contributed by atoms with Crippen LogP contribution in [0.2, 0.25) is 10.0 Å². The minimum atomic E-state index is -0.195. The van der Waals surface area contributed by atoms with E-state index in [2.05, 4.69) is 39.8 Å². The van der Waals surface area contributed by atoms with Crippen LogP contribution in [0.3, 0.4) is 0 Å². The molecule has 27 heavy (non-hydrogen) atoms. The molecular weight excluding hydrogens is 403 g/mol. The van der Waals surface area contributed by atoms with Crippen molar-refractivity contribution in [1.29, 1.82) is 0 Å². The van der Waals surface area contributed by atoms with Crippen LogP contribution in [-0.4, -0.2) is 26.2 Å². The van der Waals surface area contributed by atoms with E-state index in [0.717, 1.165) is 22.7 Å². The number of fused-ring (bicyclic) bond motifs is 1. The van der Waals surface area contributed by atoms with Crippen LogP contribution in [-0.2, 0) is 11.3 Å². The number of nitrogens with zero attached hydrogens (tertiary/aromatic N) is 3. The Kier molecular flexibility index (Phi) is 6.29. The fraction of sp³-hybridized carbons (Fsp3) is 0.316. The lowest BCUT2D eigenvalue weighted by molar-refractivity contribution is -0.113. The number of carbonyl (C=O) groups excluding carboxylic acids is 1. The summed E-state index contributed by atoms with van der Waals surface area (Å²) in [6.45, 7) is 6.92. The van der Waals surface area contributed by atoms with E-state index in [1.807, 2.05) is 18.2 Å². The summed E-state index contributed by atoms with van der Waals surface area (Å²) < 4.78 is 2.16. The number of halogens is 2. The first-order valence-corrected chi connectivity index (χ1v) is 10.3. The number of pyridine rings is 1. The number of anilines is 1. The molecule has 0 fully saturated rings. The number of nitrogens with one attached hydrogen (secondary N) is 1. The fourth-order valence-electron chi connectivity index (χ4n) is 2.65. The van der Waals surface area contributed by atoms with E-state index in [4.69, 9.17) is 23.2 Å². The van der Waals surface area contributed by atoms with Gasteiger partial charge in [-0.15, -0.1) is 0 Å². The molecule has 142 valence electrons. The molecule has 3 rings (SSSR count). The number of benzene rings is 1. The number of thioether (sulfide) groups is 1. The quantitative estimate of drug-likeness (QED) is 0.537. The van der Waals surface area contributed by atoms with E-state index in [1.54, 1.807) is 13.0 Å². The van der Waals surface area contributed by atoms with Crippen LogP contribution in [0, 0.1) is 12.8 Å². The topological polar surface area (TPSA) is 59.8 Å². The van der Waals surface area contributed by atoms with Gasteiger partial charge in [0.15, 0.2) is 11.0 Å². The van der Waals surface area contributed by atoms with Gasteiger partial charge < -0.3 is 9.88 Å². The number of amides is 1. The highest BCUT2D eigenvalue weighted by Gasteiger charge is 2.15. The maximum atomic E-state index is 12.4. The standard InChI is InChI=1S/C19H20Cl2N4OS/c1-11(2)9-25-16-7-5-4-6-15(16)23-19(25)27-10-17(26)24-18-14(21)8-13(20)12(3)22-18/h4-8,11H,9-10H2,1-3H3,(H,22,24,26). The summed E-state index contributed by atoms with van der Waals surface area (Å²) in [4.78, 5) is 21.3. The summed E-state index contributed by atoms with van der Waals surface area (Å²) in [6, 6.07) is 9.58. The van der Waals surface area contributed by atoms with Crippen molar-refractivity contribution in [2.24, 2.45) is 5.92 Å². The Labute approximate surface area is 172 Å². The largest absolute Gasteiger partial charge is 0.319 e. The molecule has 2 heterocycles. The van der Waals surface area contributed by atoms with E-state index < -0.39 is 0 Å². The first-order chi connectivity index (χ1) is 12.8. The van der Waals surface area contributed by atoms with E-state index >= 15 is 0 Å². The van der Waals surface area contributed by atoms with Crippen molar-refractivity contribution in [2.45, 2.75) is 32.5 Å². The number of aromatic nitrogens is 3. The molecule has 1 amide bonds. The van der Waals surface area contributed by atoms with Gasteiger partial charge >= 0.3 is 0 Å². The van der Waals surface area contributed by atoms with Gasteiger partial charge in [0.2, 0.25) is 5.91 Å². The van der Waals surface area contributed by atoms with Crippen molar-refractivity contribution in [2.75, 3.05) is 11.1 Å². The van der Waals surface area contributed by atoms with Gasteiger partial charge in [-0.3, -0.25) is 4.79 Å². The molecule has 1 aromatic carbocycles. The Bertz CT molecular complexity index is 987. The molecule has 0 aliphatic rings. The van der Waals surface area contributed by atoms with Crippen molar-refractivity contribution in [3.05, 3.63) is 46.1 Å². The summed E-state index contributed by atoms with van der Waals surface area (Å²) in [5, 5.41) is 4.35. The molecule has 0 unspecified atom stereocenters. The van der Waals surface area contributed by atoms with Crippen molar-refractivity contribution in [1.82, 2.24) is 14.5 Å². The first-order valence-electron chi connectivity index (χ1n) is 8.55. The second-order valence-electron chi connectivity index (χ2n) is 6.61. The van der Waals surface area contributed by atoms with Crippen molar-refractivity contribution in [3.8, 4) is 0 Å². The number of imidazole rings is 1. The maximum absolute atomic E-state index is 12.4. The molecule has 2 aromatic heterocycles. The van der Waals surface area contributed by atoms with Crippen molar-refractivity contribution < 1.29 is 4.79 Å². The third-order valence-electron chi connectivity index (χ3n) is 3.86. The zero-order valence-corrected chi connectivity index (χ0v) is 17.6. The summed E-state index contributed by atoms with van der Waals surface area (Å²) in [5.74, 6) is 0.802. The highest BCUT2D eigenvalue weighted by atomic mass is 35.5. The zero-order chi connectivity index (χ0) is 19.6.